The van der Waals surface area contributed by atoms with Crippen molar-refractivity contribution in [3.05, 3.63) is 23.8 Å². The van der Waals surface area contributed by atoms with Crippen LogP contribution >= 0.6 is 0 Å². The molecule has 90 valence electrons. The van der Waals surface area contributed by atoms with Crippen LogP contribution in [0.2, 0.25) is 0 Å². The van der Waals surface area contributed by atoms with Crippen molar-refractivity contribution in [1.29, 1.82) is 0 Å². The summed E-state index contributed by atoms with van der Waals surface area (Å²) in [6.07, 6.45) is 0. The quantitative estimate of drug-likeness (QED) is 0.806. The van der Waals surface area contributed by atoms with Gasteiger partial charge in [-0.05, 0) is 44.0 Å². The second-order valence-electron chi connectivity index (χ2n) is 3.71. The van der Waals surface area contributed by atoms with Gasteiger partial charge in [0.2, 0.25) is 0 Å². The van der Waals surface area contributed by atoms with Crippen LogP contribution in [0.1, 0.15) is 32.3 Å². The van der Waals surface area contributed by atoms with E-state index in [0.29, 0.717) is 25.7 Å². The molecule has 0 spiro atoms. The largest absolute Gasteiger partial charge is 0.490 e. The number of hydrogen-bond donors (Lipinski definition) is 1. The van der Waals surface area contributed by atoms with Crippen LogP contribution in [0.25, 0.3) is 0 Å². The Bertz CT molecular complexity index is 326. The van der Waals surface area contributed by atoms with E-state index in [9.17, 15) is 0 Å². The van der Waals surface area contributed by atoms with Gasteiger partial charge in [0.05, 0.1) is 13.2 Å². The maximum Gasteiger partial charge on any atom is 0.161 e. The summed E-state index contributed by atoms with van der Waals surface area (Å²) in [4.78, 5) is 0. The molecular weight excluding hydrogens is 202 g/mol. The summed E-state index contributed by atoms with van der Waals surface area (Å²) in [5.74, 6) is 1.95. The SMILES string of the molecule is CCOc1ccc([C@H](C)CN)cc1OCC. The molecule has 1 atom stereocenters. The molecule has 0 aromatic heterocycles. The van der Waals surface area contributed by atoms with Gasteiger partial charge in [0.15, 0.2) is 11.5 Å². The van der Waals surface area contributed by atoms with Crippen molar-refractivity contribution < 1.29 is 9.47 Å². The first kappa shape index (κ1) is 12.8. The monoisotopic (exact) mass is 223 g/mol. The summed E-state index contributed by atoms with van der Waals surface area (Å²) in [7, 11) is 0. The lowest BCUT2D eigenvalue weighted by Gasteiger charge is -2.15. The predicted molar refractivity (Wildman–Crippen MR) is 66.2 cm³/mol. The molecule has 0 radical (unpaired) electrons. The van der Waals surface area contributed by atoms with E-state index in [4.69, 9.17) is 15.2 Å². The second-order valence-corrected chi connectivity index (χ2v) is 3.71. The van der Waals surface area contributed by atoms with Gasteiger partial charge in [0.25, 0.3) is 0 Å². The maximum atomic E-state index is 5.65. The average Bonchev–Trinajstić information content (AvgIpc) is 2.31. The number of benzene rings is 1. The zero-order valence-electron chi connectivity index (χ0n) is 10.3. The van der Waals surface area contributed by atoms with Gasteiger partial charge in [-0.3, -0.25) is 0 Å². The van der Waals surface area contributed by atoms with Crippen molar-refractivity contribution in [3.8, 4) is 11.5 Å². The Morgan fingerprint density at radius 1 is 1.12 bits per heavy atom. The number of hydrogen-bond acceptors (Lipinski definition) is 3. The van der Waals surface area contributed by atoms with E-state index in [0.717, 1.165) is 11.5 Å². The van der Waals surface area contributed by atoms with Gasteiger partial charge in [-0.1, -0.05) is 13.0 Å². The first-order chi connectivity index (χ1) is 7.72. The fourth-order valence-corrected chi connectivity index (χ4v) is 1.51. The van der Waals surface area contributed by atoms with Crippen molar-refractivity contribution in [1.82, 2.24) is 0 Å². The molecule has 1 rings (SSSR count). The van der Waals surface area contributed by atoms with Crippen molar-refractivity contribution in [3.63, 3.8) is 0 Å². The topological polar surface area (TPSA) is 44.5 Å². The molecule has 3 heteroatoms. The van der Waals surface area contributed by atoms with Crippen LogP contribution in [-0.2, 0) is 0 Å². The highest BCUT2D eigenvalue weighted by molar-refractivity contribution is 5.44. The third-order valence-corrected chi connectivity index (χ3v) is 2.49. The molecule has 0 unspecified atom stereocenters. The predicted octanol–water partition coefficient (Wildman–Crippen LogP) is 2.55. The molecule has 2 N–H and O–H groups in total. The van der Waals surface area contributed by atoms with Crippen LogP contribution < -0.4 is 15.2 Å². The lowest BCUT2D eigenvalue weighted by atomic mass is 10.0. The van der Waals surface area contributed by atoms with Gasteiger partial charge in [0, 0.05) is 0 Å². The molecule has 0 aliphatic heterocycles. The smallest absolute Gasteiger partial charge is 0.161 e. The molecule has 1 aromatic rings. The first-order valence-electron chi connectivity index (χ1n) is 5.82. The highest BCUT2D eigenvalue weighted by atomic mass is 16.5. The average molecular weight is 223 g/mol. The lowest BCUT2D eigenvalue weighted by Crippen LogP contribution is -2.09. The summed E-state index contributed by atoms with van der Waals surface area (Å²) in [5.41, 5.74) is 6.84. The summed E-state index contributed by atoms with van der Waals surface area (Å²) >= 11 is 0. The van der Waals surface area contributed by atoms with Crippen molar-refractivity contribution in [2.24, 2.45) is 5.73 Å². The Labute approximate surface area is 97.6 Å². The Morgan fingerprint density at radius 3 is 2.31 bits per heavy atom. The standard InChI is InChI=1S/C13H21NO2/c1-4-15-12-7-6-11(10(3)9-14)8-13(12)16-5-2/h6-8,10H,4-5,9,14H2,1-3H3/t10-/m1/s1. The Balaban J connectivity index is 2.96. The van der Waals surface area contributed by atoms with Crippen LogP contribution in [0.3, 0.4) is 0 Å². The van der Waals surface area contributed by atoms with Crippen molar-refractivity contribution in [2.75, 3.05) is 19.8 Å². The van der Waals surface area contributed by atoms with E-state index in [1.807, 2.05) is 32.0 Å². The minimum atomic E-state index is 0.342. The number of nitrogens with two attached hydrogens (primary N) is 1. The van der Waals surface area contributed by atoms with E-state index in [1.54, 1.807) is 0 Å². The van der Waals surface area contributed by atoms with Crippen LogP contribution in [0.15, 0.2) is 18.2 Å². The number of ether oxygens (including phenoxy) is 2. The van der Waals surface area contributed by atoms with Crippen molar-refractivity contribution in [2.45, 2.75) is 26.7 Å². The Kier molecular flexibility index (Phi) is 5.12. The van der Waals surface area contributed by atoms with Gasteiger partial charge >= 0.3 is 0 Å². The van der Waals surface area contributed by atoms with Gasteiger partial charge in [-0.15, -0.1) is 0 Å². The summed E-state index contributed by atoms with van der Waals surface area (Å²) in [6, 6.07) is 6.02. The molecule has 0 saturated carbocycles. The summed E-state index contributed by atoms with van der Waals surface area (Å²) in [6.45, 7) is 7.96. The minimum absolute atomic E-state index is 0.342. The van der Waals surface area contributed by atoms with Crippen LogP contribution in [0, 0.1) is 0 Å². The van der Waals surface area contributed by atoms with Crippen LogP contribution in [0.5, 0.6) is 11.5 Å². The molecule has 0 saturated heterocycles. The molecule has 0 amide bonds. The third kappa shape index (κ3) is 3.14. The minimum Gasteiger partial charge on any atom is -0.490 e. The van der Waals surface area contributed by atoms with E-state index in [2.05, 4.69) is 6.92 Å². The highest BCUT2D eigenvalue weighted by Crippen LogP contribution is 2.30. The van der Waals surface area contributed by atoms with Crippen LogP contribution in [-0.4, -0.2) is 19.8 Å². The van der Waals surface area contributed by atoms with E-state index < -0.39 is 0 Å². The summed E-state index contributed by atoms with van der Waals surface area (Å²) < 4.78 is 11.1. The second kappa shape index (κ2) is 6.38. The molecule has 16 heavy (non-hydrogen) atoms. The van der Waals surface area contributed by atoms with E-state index in [1.165, 1.54) is 5.56 Å². The van der Waals surface area contributed by atoms with E-state index >= 15 is 0 Å². The molecule has 0 aliphatic rings. The molecule has 1 aromatic carbocycles. The van der Waals surface area contributed by atoms with Gasteiger partial charge in [-0.25, -0.2) is 0 Å². The molecule has 0 aliphatic carbocycles. The summed E-state index contributed by atoms with van der Waals surface area (Å²) in [5, 5.41) is 0. The zero-order chi connectivity index (χ0) is 12.0. The lowest BCUT2D eigenvalue weighted by molar-refractivity contribution is 0.287. The van der Waals surface area contributed by atoms with Crippen molar-refractivity contribution >= 4 is 0 Å². The van der Waals surface area contributed by atoms with Gasteiger partial charge < -0.3 is 15.2 Å². The normalized spacial score (nSPS) is 12.2. The molecule has 0 fully saturated rings. The molecule has 0 bridgehead atoms. The zero-order valence-corrected chi connectivity index (χ0v) is 10.3. The molecule has 0 heterocycles. The van der Waals surface area contributed by atoms with Crippen LogP contribution in [0.4, 0.5) is 0 Å². The fourth-order valence-electron chi connectivity index (χ4n) is 1.51. The maximum absolute atomic E-state index is 5.65. The Hall–Kier alpha value is -1.22. The molecule has 3 nitrogen and oxygen atoms in total. The molecular formula is C13H21NO2. The van der Waals surface area contributed by atoms with E-state index in [-0.39, 0.29) is 0 Å². The highest BCUT2D eigenvalue weighted by Gasteiger charge is 2.09. The van der Waals surface area contributed by atoms with Gasteiger partial charge in [0.1, 0.15) is 0 Å². The third-order valence-electron chi connectivity index (χ3n) is 2.49. The fraction of sp³-hybridized carbons (Fsp3) is 0.538. The Morgan fingerprint density at radius 2 is 1.75 bits per heavy atom. The van der Waals surface area contributed by atoms with Gasteiger partial charge in [-0.2, -0.15) is 0 Å². The number of rotatable bonds is 6. The first-order valence-corrected chi connectivity index (χ1v) is 5.82.